The summed E-state index contributed by atoms with van der Waals surface area (Å²) >= 11 is 0. The summed E-state index contributed by atoms with van der Waals surface area (Å²) in [7, 11) is 0. The van der Waals surface area contributed by atoms with Crippen LogP contribution in [-0.4, -0.2) is 5.91 Å². The standard InChI is InChI=1S/C10H13N2O/c1-7(11)9-5-3-4-6-10(9)12-8(2)13/h3-7,11H,1-2H3,(H,12,13). The summed E-state index contributed by atoms with van der Waals surface area (Å²) in [5.41, 5.74) is 9.13. The summed E-state index contributed by atoms with van der Waals surface area (Å²) < 4.78 is 0. The van der Waals surface area contributed by atoms with Crippen molar-refractivity contribution in [3.63, 3.8) is 0 Å². The van der Waals surface area contributed by atoms with Gasteiger partial charge >= 0.3 is 0 Å². The molecule has 3 heteroatoms. The zero-order chi connectivity index (χ0) is 9.84. The molecule has 1 aromatic carbocycles. The maximum absolute atomic E-state index is 10.8. The van der Waals surface area contributed by atoms with Crippen molar-refractivity contribution in [1.29, 1.82) is 0 Å². The molecule has 1 amide bonds. The molecule has 0 spiro atoms. The maximum atomic E-state index is 10.8. The van der Waals surface area contributed by atoms with Crippen molar-refractivity contribution in [3.8, 4) is 0 Å². The molecule has 0 saturated carbocycles. The molecule has 13 heavy (non-hydrogen) atoms. The summed E-state index contributed by atoms with van der Waals surface area (Å²) in [6.07, 6.45) is 0. The average Bonchev–Trinajstić information content (AvgIpc) is 2.03. The quantitative estimate of drug-likeness (QED) is 0.737. The zero-order valence-electron chi connectivity index (χ0n) is 7.79. The fourth-order valence-corrected chi connectivity index (χ4v) is 1.18. The van der Waals surface area contributed by atoms with E-state index >= 15 is 0 Å². The lowest BCUT2D eigenvalue weighted by Gasteiger charge is -2.11. The minimum absolute atomic E-state index is 0.104. The van der Waals surface area contributed by atoms with Gasteiger partial charge in [0.15, 0.2) is 0 Å². The maximum Gasteiger partial charge on any atom is 0.221 e. The second-order valence-electron chi connectivity index (χ2n) is 2.99. The third-order valence-corrected chi connectivity index (χ3v) is 1.74. The Labute approximate surface area is 77.9 Å². The highest BCUT2D eigenvalue weighted by Crippen LogP contribution is 2.21. The molecule has 0 saturated heterocycles. The fourth-order valence-electron chi connectivity index (χ4n) is 1.18. The van der Waals surface area contributed by atoms with E-state index in [0.717, 1.165) is 11.3 Å². The van der Waals surface area contributed by atoms with Gasteiger partial charge in [-0.3, -0.25) is 4.79 Å². The number of carbonyl (C=O) groups excluding carboxylic acids is 1. The lowest BCUT2D eigenvalue weighted by Crippen LogP contribution is -2.09. The van der Waals surface area contributed by atoms with Gasteiger partial charge in [0.05, 0.1) is 0 Å². The molecule has 3 nitrogen and oxygen atoms in total. The molecule has 0 bridgehead atoms. The predicted octanol–water partition coefficient (Wildman–Crippen LogP) is 1.99. The van der Waals surface area contributed by atoms with Gasteiger partial charge in [-0.05, 0) is 18.6 Å². The number of para-hydroxylation sites is 1. The summed E-state index contributed by atoms with van der Waals surface area (Å²) in [6, 6.07) is 7.05. The number of rotatable bonds is 2. The topological polar surface area (TPSA) is 52.9 Å². The highest BCUT2D eigenvalue weighted by molar-refractivity contribution is 5.89. The second kappa shape index (κ2) is 4.05. The van der Waals surface area contributed by atoms with E-state index in [2.05, 4.69) is 5.32 Å². The predicted molar refractivity (Wildman–Crippen MR) is 52.3 cm³/mol. The van der Waals surface area contributed by atoms with Crippen molar-refractivity contribution in [2.24, 2.45) is 0 Å². The molecular weight excluding hydrogens is 164 g/mol. The van der Waals surface area contributed by atoms with E-state index in [1.54, 1.807) is 6.92 Å². The van der Waals surface area contributed by atoms with Crippen molar-refractivity contribution in [1.82, 2.24) is 5.73 Å². The number of benzene rings is 1. The smallest absolute Gasteiger partial charge is 0.221 e. The van der Waals surface area contributed by atoms with Gasteiger partial charge in [-0.2, -0.15) is 0 Å². The first-order chi connectivity index (χ1) is 6.11. The number of nitrogens with one attached hydrogen (secondary N) is 2. The van der Waals surface area contributed by atoms with Gasteiger partial charge in [-0.25, -0.2) is 5.73 Å². The van der Waals surface area contributed by atoms with E-state index in [-0.39, 0.29) is 11.9 Å². The molecule has 1 rings (SSSR count). The van der Waals surface area contributed by atoms with Crippen LogP contribution in [0.5, 0.6) is 0 Å². The number of amides is 1. The lowest BCUT2D eigenvalue weighted by molar-refractivity contribution is -0.114. The van der Waals surface area contributed by atoms with Crippen LogP contribution in [0.1, 0.15) is 25.5 Å². The van der Waals surface area contributed by atoms with Crippen LogP contribution >= 0.6 is 0 Å². The molecule has 0 aliphatic rings. The molecule has 1 radical (unpaired) electrons. The molecular formula is C10H13N2O. The van der Waals surface area contributed by atoms with E-state index < -0.39 is 0 Å². The summed E-state index contributed by atoms with van der Waals surface area (Å²) in [5, 5.41) is 2.70. The number of hydrogen-bond acceptors (Lipinski definition) is 1. The first-order valence-corrected chi connectivity index (χ1v) is 4.19. The van der Waals surface area contributed by atoms with Crippen LogP contribution in [0, 0.1) is 0 Å². The average molecular weight is 177 g/mol. The van der Waals surface area contributed by atoms with Crippen molar-refractivity contribution < 1.29 is 4.79 Å². The molecule has 0 heterocycles. The molecule has 69 valence electrons. The Balaban J connectivity index is 2.97. The van der Waals surface area contributed by atoms with Gasteiger partial charge in [-0.1, -0.05) is 18.2 Å². The molecule has 1 aromatic rings. The van der Waals surface area contributed by atoms with E-state index in [1.165, 1.54) is 6.92 Å². The normalized spacial score (nSPS) is 12.2. The Hall–Kier alpha value is -1.35. The Morgan fingerprint density at radius 1 is 1.46 bits per heavy atom. The summed E-state index contributed by atoms with van der Waals surface area (Å²) in [5.74, 6) is -0.104. The monoisotopic (exact) mass is 177 g/mol. The second-order valence-corrected chi connectivity index (χ2v) is 2.99. The van der Waals surface area contributed by atoms with E-state index in [1.807, 2.05) is 24.3 Å². The zero-order valence-corrected chi connectivity index (χ0v) is 7.79. The van der Waals surface area contributed by atoms with Crippen molar-refractivity contribution in [2.45, 2.75) is 19.9 Å². The largest absolute Gasteiger partial charge is 0.326 e. The SMILES string of the molecule is CC(=O)Nc1ccccc1C(C)[NH]. The van der Waals surface area contributed by atoms with Crippen LogP contribution in [-0.2, 0) is 4.79 Å². The molecule has 1 atom stereocenters. The molecule has 2 N–H and O–H groups in total. The van der Waals surface area contributed by atoms with Crippen LogP contribution in [0.4, 0.5) is 5.69 Å². The highest BCUT2D eigenvalue weighted by Gasteiger charge is 2.06. The van der Waals surface area contributed by atoms with Gasteiger partial charge < -0.3 is 5.32 Å². The molecule has 0 aliphatic heterocycles. The van der Waals surface area contributed by atoms with Crippen molar-refractivity contribution >= 4 is 11.6 Å². The summed E-state index contributed by atoms with van der Waals surface area (Å²) in [4.78, 5) is 10.8. The lowest BCUT2D eigenvalue weighted by atomic mass is 10.1. The fraction of sp³-hybridized carbons (Fsp3) is 0.300. The van der Waals surface area contributed by atoms with Gasteiger partial charge in [0.25, 0.3) is 0 Å². The van der Waals surface area contributed by atoms with Crippen LogP contribution in [0.3, 0.4) is 0 Å². The Morgan fingerprint density at radius 3 is 2.62 bits per heavy atom. The Bertz CT molecular complexity index is 308. The first kappa shape index (κ1) is 9.74. The van der Waals surface area contributed by atoms with Crippen molar-refractivity contribution in [3.05, 3.63) is 29.8 Å². The Morgan fingerprint density at radius 2 is 2.08 bits per heavy atom. The van der Waals surface area contributed by atoms with Crippen molar-refractivity contribution in [2.75, 3.05) is 5.32 Å². The van der Waals surface area contributed by atoms with Gasteiger partial charge in [-0.15, -0.1) is 0 Å². The van der Waals surface area contributed by atoms with Gasteiger partial charge in [0.1, 0.15) is 0 Å². The third kappa shape index (κ3) is 2.56. The molecule has 0 aromatic heterocycles. The minimum Gasteiger partial charge on any atom is -0.326 e. The molecule has 0 fully saturated rings. The van der Waals surface area contributed by atoms with Crippen LogP contribution in [0.15, 0.2) is 24.3 Å². The van der Waals surface area contributed by atoms with E-state index in [9.17, 15) is 4.79 Å². The van der Waals surface area contributed by atoms with Crippen LogP contribution in [0.25, 0.3) is 0 Å². The number of anilines is 1. The van der Waals surface area contributed by atoms with E-state index in [4.69, 9.17) is 5.73 Å². The third-order valence-electron chi connectivity index (χ3n) is 1.74. The summed E-state index contributed by atoms with van der Waals surface area (Å²) in [6.45, 7) is 3.24. The Kier molecular flexibility index (Phi) is 3.03. The van der Waals surface area contributed by atoms with Gasteiger partial charge in [0.2, 0.25) is 5.91 Å². The van der Waals surface area contributed by atoms with Crippen LogP contribution < -0.4 is 11.1 Å². The van der Waals surface area contributed by atoms with E-state index in [0.29, 0.717) is 0 Å². The number of carbonyl (C=O) groups is 1. The molecule has 0 aliphatic carbocycles. The van der Waals surface area contributed by atoms with Gasteiger partial charge in [0, 0.05) is 18.7 Å². The highest BCUT2D eigenvalue weighted by atomic mass is 16.1. The number of hydrogen-bond donors (Lipinski definition) is 1. The first-order valence-electron chi connectivity index (χ1n) is 4.19. The molecule has 1 unspecified atom stereocenters. The minimum atomic E-state index is -0.317. The van der Waals surface area contributed by atoms with Crippen LogP contribution in [0.2, 0.25) is 0 Å².